The minimum Gasteiger partial charge on any atom is -0.368 e. The molecule has 18 heavy (non-hydrogen) atoms. The Morgan fingerprint density at radius 3 is 2.00 bits per heavy atom. The van der Waals surface area contributed by atoms with Crippen molar-refractivity contribution in [3.05, 3.63) is 35.9 Å². The molecular weight excluding hydrogens is 228 g/mol. The van der Waals surface area contributed by atoms with Gasteiger partial charge in [0.25, 0.3) is 0 Å². The molecule has 2 N–H and O–H groups in total. The van der Waals surface area contributed by atoms with Crippen LogP contribution in [0.3, 0.4) is 0 Å². The quantitative estimate of drug-likeness (QED) is 0.818. The van der Waals surface area contributed by atoms with Gasteiger partial charge in [0.2, 0.25) is 5.91 Å². The molecule has 0 heterocycles. The van der Waals surface area contributed by atoms with Gasteiger partial charge in [0.15, 0.2) is 10.8 Å². The summed E-state index contributed by atoms with van der Waals surface area (Å²) in [7, 11) is 0. The van der Waals surface area contributed by atoms with Crippen molar-refractivity contribution in [2.45, 2.75) is 5.92 Å². The number of amides is 1. The van der Waals surface area contributed by atoms with Crippen molar-refractivity contribution in [1.82, 2.24) is 0 Å². The number of hydrogen-bond donors (Lipinski definition) is 1. The molecule has 1 fully saturated rings. The second-order valence-corrected chi connectivity index (χ2v) is 4.16. The Balaban J connectivity index is 2.64. The number of benzene rings is 1. The SMILES string of the molecule is N#CC1(C#N)[C@H](c2ccccc2)[C@]1(C#N)C(N)=O. The van der Waals surface area contributed by atoms with Crippen molar-refractivity contribution < 1.29 is 4.79 Å². The van der Waals surface area contributed by atoms with E-state index in [0.29, 0.717) is 5.56 Å². The number of nitrogens with two attached hydrogens (primary N) is 1. The molecule has 1 aromatic carbocycles. The molecule has 0 spiro atoms. The van der Waals surface area contributed by atoms with Gasteiger partial charge in [-0.05, 0) is 5.56 Å². The Hall–Kier alpha value is -2.84. The van der Waals surface area contributed by atoms with Crippen LogP contribution in [0.4, 0.5) is 0 Å². The van der Waals surface area contributed by atoms with Gasteiger partial charge in [0.1, 0.15) is 0 Å². The third-order valence-electron chi connectivity index (χ3n) is 3.46. The van der Waals surface area contributed by atoms with Gasteiger partial charge in [-0.3, -0.25) is 4.79 Å². The van der Waals surface area contributed by atoms with Crippen LogP contribution >= 0.6 is 0 Å². The summed E-state index contributed by atoms with van der Waals surface area (Å²) < 4.78 is 0. The largest absolute Gasteiger partial charge is 0.368 e. The monoisotopic (exact) mass is 236 g/mol. The van der Waals surface area contributed by atoms with E-state index in [1.807, 2.05) is 0 Å². The third kappa shape index (κ3) is 1.04. The normalized spacial score (nSPS) is 27.3. The van der Waals surface area contributed by atoms with E-state index in [1.54, 1.807) is 48.5 Å². The van der Waals surface area contributed by atoms with E-state index >= 15 is 0 Å². The summed E-state index contributed by atoms with van der Waals surface area (Å²) in [5.41, 5.74) is 2.39. The zero-order chi connectivity index (χ0) is 13.4. The fourth-order valence-electron chi connectivity index (χ4n) is 2.50. The Labute approximate surface area is 104 Å². The van der Waals surface area contributed by atoms with Crippen LogP contribution in [-0.4, -0.2) is 5.91 Å². The zero-order valence-electron chi connectivity index (χ0n) is 9.29. The topological polar surface area (TPSA) is 114 Å². The summed E-state index contributed by atoms with van der Waals surface area (Å²) in [6, 6.07) is 13.9. The number of primary amides is 1. The lowest BCUT2D eigenvalue weighted by atomic mass is 9.96. The van der Waals surface area contributed by atoms with E-state index < -0.39 is 22.7 Å². The van der Waals surface area contributed by atoms with Gasteiger partial charge in [-0.2, -0.15) is 15.8 Å². The predicted octanol–water partition coefficient (Wildman–Crippen LogP) is 0.813. The molecule has 0 saturated heterocycles. The van der Waals surface area contributed by atoms with Gasteiger partial charge in [0.05, 0.1) is 18.2 Å². The number of nitriles is 3. The van der Waals surface area contributed by atoms with E-state index in [2.05, 4.69) is 0 Å². The number of carbonyl (C=O) groups is 1. The van der Waals surface area contributed by atoms with E-state index in [4.69, 9.17) is 5.73 Å². The highest BCUT2D eigenvalue weighted by Gasteiger charge is 2.84. The first-order chi connectivity index (χ1) is 8.60. The first kappa shape index (κ1) is 11.6. The van der Waals surface area contributed by atoms with Gasteiger partial charge in [0, 0.05) is 5.92 Å². The average molecular weight is 236 g/mol. The smallest absolute Gasteiger partial charge is 0.241 e. The van der Waals surface area contributed by atoms with Crippen molar-refractivity contribution in [3.63, 3.8) is 0 Å². The highest BCUT2D eigenvalue weighted by atomic mass is 16.1. The molecule has 2 atom stereocenters. The van der Waals surface area contributed by atoms with Crippen LogP contribution < -0.4 is 5.73 Å². The zero-order valence-corrected chi connectivity index (χ0v) is 9.29. The minimum atomic E-state index is -1.75. The van der Waals surface area contributed by atoms with Crippen molar-refractivity contribution in [3.8, 4) is 18.2 Å². The maximum absolute atomic E-state index is 11.5. The maximum Gasteiger partial charge on any atom is 0.241 e. The summed E-state index contributed by atoms with van der Waals surface area (Å²) in [4.78, 5) is 11.5. The second kappa shape index (κ2) is 3.58. The predicted molar refractivity (Wildman–Crippen MR) is 60.1 cm³/mol. The second-order valence-electron chi connectivity index (χ2n) is 4.16. The highest BCUT2D eigenvalue weighted by Crippen LogP contribution is 2.73. The molecule has 1 aliphatic rings. The third-order valence-corrected chi connectivity index (χ3v) is 3.46. The van der Waals surface area contributed by atoms with Crippen LogP contribution in [0.15, 0.2) is 30.3 Å². The molecule has 0 radical (unpaired) electrons. The molecule has 5 heteroatoms. The van der Waals surface area contributed by atoms with Crippen LogP contribution in [0.2, 0.25) is 0 Å². The van der Waals surface area contributed by atoms with Crippen molar-refractivity contribution in [2.24, 2.45) is 16.6 Å². The van der Waals surface area contributed by atoms with Crippen molar-refractivity contribution >= 4 is 5.91 Å². The van der Waals surface area contributed by atoms with Crippen LogP contribution in [0, 0.1) is 44.8 Å². The number of hydrogen-bond acceptors (Lipinski definition) is 4. The Kier molecular flexibility index (Phi) is 2.32. The number of rotatable bonds is 2. The molecule has 0 aliphatic heterocycles. The van der Waals surface area contributed by atoms with Crippen LogP contribution in [-0.2, 0) is 4.79 Å². The number of nitrogens with zero attached hydrogens (tertiary/aromatic N) is 3. The van der Waals surface area contributed by atoms with Crippen molar-refractivity contribution in [2.75, 3.05) is 0 Å². The number of carbonyl (C=O) groups excluding carboxylic acids is 1. The fraction of sp³-hybridized carbons (Fsp3) is 0.231. The van der Waals surface area contributed by atoms with Gasteiger partial charge in [-0.15, -0.1) is 0 Å². The van der Waals surface area contributed by atoms with Crippen LogP contribution in [0.25, 0.3) is 0 Å². The van der Waals surface area contributed by atoms with E-state index in [-0.39, 0.29) is 0 Å². The van der Waals surface area contributed by atoms with E-state index in [0.717, 1.165) is 0 Å². The fourth-order valence-corrected chi connectivity index (χ4v) is 2.50. The summed E-state index contributed by atoms with van der Waals surface area (Å²) in [6.07, 6.45) is 0. The highest BCUT2D eigenvalue weighted by molar-refractivity contribution is 5.94. The van der Waals surface area contributed by atoms with Gasteiger partial charge in [-0.25, -0.2) is 0 Å². The molecule has 1 saturated carbocycles. The van der Waals surface area contributed by atoms with Gasteiger partial charge >= 0.3 is 0 Å². The molecule has 1 amide bonds. The van der Waals surface area contributed by atoms with Gasteiger partial charge in [-0.1, -0.05) is 30.3 Å². The lowest BCUT2D eigenvalue weighted by Crippen LogP contribution is -2.28. The Bertz CT molecular complexity index is 618. The first-order valence-corrected chi connectivity index (χ1v) is 5.19. The lowest BCUT2D eigenvalue weighted by Gasteiger charge is -2.02. The van der Waals surface area contributed by atoms with Crippen LogP contribution in [0.5, 0.6) is 0 Å². The molecule has 0 bridgehead atoms. The average Bonchev–Trinajstić information content (AvgIpc) is 3.04. The van der Waals surface area contributed by atoms with E-state index in [1.165, 1.54) is 0 Å². The Morgan fingerprint density at radius 1 is 1.11 bits per heavy atom. The molecule has 1 aliphatic carbocycles. The molecule has 5 nitrogen and oxygen atoms in total. The standard InChI is InChI=1S/C13H8N4O/c14-6-12(7-15)10(9-4-2-1-3-5-9)13(12,8-16)11(17)18/h1-5,10H,(H2,17,18)/t10-,13+/m0/s1. The minimum absolute atomic E-state index is 0.598. The lowest BCUT2D eigenvalue weighted by molar-refractivity contribution is -0.121. The Morgan fingerprint density at radius 2 is 1.67 bits per heavy atom. The molecule has 2 rings (SSSR count). The maximum atomic E-state index is 11.5. The van der Waals surface area contributed by atoms with Gasteiger partial charge < -0.3 is 5.73 Å². The summed E-state index contributed by atoms with van der Waals surface area (Å²) in [6.45, 7) is 0. The molecule has 0 aromatic heterocycles. The molecule has 0 unspecified atom stereocenters. The van der Waals surface area contributed by atoms with Crippen molar-refractivity contribution in [1.29, 1.82) is 15.8 Å². The summed E-state index contributed by atoms with van der Waals surface area (Å²) >= 11 is 0. The molecular formula is C13H8N4O. The summed E-state index contributed by atoms with van der Waals surface area (Å²) in [5, 5.41) is 27.5. The van der Waals surface area contributed by atoms with E-state index in [9.17, 15) is 20.6 Å². The molecule has 1 aromatic rings. The van der Waals surface area contributed by atoms with Crippen LogP contribution in [0.1, 0.15) is 11.5 Å². The first-order valence-electron chi connectivity index (χ1n) is 5.19. The molecule has 86 valence electrons. The summed E-state index contributed by atoms with van der Waals surface area (Å²) in [5.74, 6) is -1.72.